The SMILES string of the molecule is NCCOCC(=O)C1CC(C(=O)O)CCN1. The monoisotopic (exact) mass is 230 g/mol. The Morgan fingerprint density at radius 1 is 1.50 bits per heavy atom. The van der Waals surface area contributed by atoms with Gasteiger partial charge in [-0.15, -0.1) is 0 Å². The van der Waals surface area contributed by atoms with Crippen LogP contribution in [0.2, 0.25) is 0 Å². The summed E-state index contributed by atoms with van der Waals surface area (Å²) in [4.78, 5) is 22.4. The second kappa shape index (κ2) is 6.57. The van der Waals surface area contributed by atoms with Crippen molar-refractivity contribution in [1.29, 1.82) is 0 Å². The average molecular weight is 230 g/mol. The second-order valence-corrected chi connectivity index (χ2v) is 3.87. The Hall–Kier alpha value is -0.980. The molecule has 2 unspecified atom stereocenters. The summed E-state index contributed by atoms with van der Waals surface area (Å²) in [6.07, 6.45) is 0.920. The summed E-state index contributed by atoms with van der Waals surface area (Å²) >= 11 is 0. The molecule has 0 amide bonds. The van der Waals surface area contributed by atoms with E-state index in [2.05, 4.69) is 5.32 Å². The molecule has 0 aromatic rings. The highest BCUT2D eigenvalue weighted by Gasteiger charge is 2.30. The maximum Gasteiger partial charge on any atom is 0.306 e. The average Bonchev–Trinajstić information content (AvgIpc) is 2.29. The summed E-state index contributed by atoms with van der Waals surface area (Å²) in [7, 11) is 0. The van der Waals surface area contributed by atoms with Crippen LogP contribution < -0.4 is 11.1 Å². The van der Waals surface area contributed by atoms with Gasteiger partial charge in [-0.1, -0.05) is 0 Å². The van der Waals surface area contributed by atoms with Crippen molar-refractivity contribution in [2.24, 2.45) is 11.7 Å². The van der Waals surface area contributed by atoms with Crippen LogP contribution in [0.1, 0.15) is 12.8 Å². The van der Waals surface area contributed by atoms with Crippen LogP contribution in [0.4, 0.5) is 0 Å². The lowest BCUT2D eigenvalue weighted by Gasteiger charge is -2.26. The van der Waals surface area contributed by atoms with Gasteiger partial charge in [0.1, 0.15) is 6.61 Å². The summed E-state index contributed by atoms with van der Waals surface area (Å²) < 4.78 is 5.03. The summed E-state index contributed by atoms with van der Waals surface area (Å²) in [5.41, 5.74) is 5.23. The number of piperidine rings is 1. The quantitative estimate of drug-likeness (QED) is 0.505. The van der Waals surface area contributed by atoms with Crippen molar-refractivity contribution in [2.45, 2.75) is 18.9 Å². The molecule has 0 radical (unpaired) electrons. The van der Waals surface area contributed by atoms with Crippen molar-refractivity contribution >= 4 is 11.8 Å². The van der Waals surface area contributed by atoms with Gasteiger partial charge in [-0.05, 0) is 19.4 Å². The predicted molar refractivity (Wildman–Crippen MR) is 57.0 cm³/mol. The fraction of sp³-hybridized carbons (Fsp3) is 0.800. The van der Waals surface area contributed by atoms with E-state index in [1.54, 1.807) is 0 Å². The molecule has 0 spiro atoms. The summed E-state index contributed by atoms with van der Waals surface area (Å²) in [6.45, 7) is 1.29. The molecular formula is C10H18N2O4. The fourth-order valence-corrected chi connectivity index (χ4v) is 1.74. The number of ether oxygens (including phenoxy) is 1. The van der Waals surface area contributed by atoms with Crippen molar-refractivity contribution < 1.29 is 19.4 Å². The highest BCUT2D eigenvalue weighted by Crippen LogP contribution is 2.16. The zero-order chi connectivity index (χ0) is 12.0. The first kappa shape index (κ1) is 13.1. The minimum atomic E-state index is -0.831. The van der Waals surface area contributed by atoms with Crippen molar-refractivity contribution in [2.75, 3.05) is 26.3 Å². The molecule has 1 aliphatic heterocycles. The fourth-order valence-electron chi connectivity index (χ4n) is 1.74. The molecule has 1 saturated heterocycles. The van der Waals surface area contributed by atoms with Gasteiger partial charge < -0.3 is 20.9 Å². The molecule has 1 rings (SSSR count). The van der Waals surface area contributed by atoms with Crippen LogP contribution in [0.3, 0.4) is 0 Å². The molecule has 2 atom stereocenters. The largest absolute Gasteiger partial charge is 0.481 e. The Morgan fingerprint density at radius 2 is 2.25 bits per heavy atom. The maximum absolute atomic E-state index is 11.6. The Morgan fingerprint density at radius 3 is 2.88 bits per heavy atom. The van der Waals surface area contributed by atoms with E-state index in [0.717, 1.165) is 0 Å². The number of carbonyl (C=O) groups is 2. The minimum Gasteiger partial charge on any atom is -0.481 e. The number of ketones is 1. The molecule has 16 heavy (non-hydrogen) atoms. The van der Waals surface area contributed by atoms with Gasteiger partial charge in [-0.2, -0.15) is 0 Å². The van der Waals surface area contributed by atoms with E-state index in [0.29, 0.717) is 32.5 Å². The van der Waals surface area contributed by atoms with Crippen LogP contribution in [0.25, 0.3) is 0 Å². The van der Waals surface area contributed by atoms with E-state index in [1.807, 2.05) is 0 Å². The number of rotatable bonds is 6. The third-order valence-corrected chi connectivity index (χ3v) is 2.65. The van der Waals surface area contributed by atoms with Gasteiger partial charge in [0.05, 0.1) is 18.6 Å². The highest BCUT2D eigenvalue weighted by molar-refractivity contribution is 5.86. The van der Waals surface area contributed by atoms with Gasteiger partial charge in [0, 0.05) is 6.54 Å². The number of aliphatic carboxylic acids is 1. The van der Waals surface area contributed by atoms with E-state index in [-0.39, 0.29) is 12.4 Å². The molecule has 0 aromatic heterocycles. The molecule has 92 valence electrons. The lowest BCUT2D eigenvalue weighted by Crippen LogP contribution is -2.46. The van der Waals surface area contributed by atoms with E-state index < -0.39 is 17.9 Å². The Bertz CT molecular complexity index is 257. The summed E-state index contributed by atoms with van der Waals surface area (Å²) in [5, 5.41) is 11.9. The Labute approximate surface area is 94.1 Å². The maximum atomic E-state index is 11.6. The molecule has 0 bridgehead atoms. The predicted octanol–water partition coefficient (Wildman–Crippen LogP) is -1.02. The Balaban J connectivity index is 2.35. The highest BCUT2D eigenvalue weighted by atomic mass is 16.5. The zero-order valence-electron chi connectivity index (χ0n) is 9.15. The van der Waals surface area contributed by atoms with Crippen LogP contribution in [0.15, 0.2) is 0 Å². The molecule has 1 heterocycles. The van der Waals surface area contributed by atoms with E-state index in [9.17, 15) is 9.59 Å². The lowest BCUT2D eigenvalue weighted by atomic mass is 9.91. The summed E-state index contributed by atoms with van der Waals surface area (Å²) in [5.74, 6) is -1.36. The third-order valence-electron chi connectivity index (χ3n) is 2.65. The number of Topliss-reactive ketones (excluding diaryl/α,β-unsaturated/α-hetero) is 1. The van der Waals surface area contributed by atoms with Gasteiger partial charge in [0.25, 0.3) is 0 Å². The van der Waals surface area contributed by atoms with Gasteiger partial charge in [0.15, 0.2) is 5.78 Å². The number of nitrogens with one attached hydrogen (secondary N) is 1. The van der Waals surface area contributed by atoms with Gasteiger partial charge in [-0.3, -0.25) is 9.59 Å². The molecule has 0 saturated carbocycles. The first-order valence-electron chi connectivity index (χ1n) is 5.42. The molecule has 0 aliphatic carbocycles. The van der Waals surface area contributed by atoms with Gasteiger partial charge in [-0.25, -0.2) is 0 Å². The Kier molecular flexibility index (Phi) is 5.37. The van der Waals surface area contributed by atoms with Crippen molar-refractivity contribution in [3.8, 4) is 0 Å². The van der Waals surface area contributed by atoms with Crippen molar-refractivity contribution in [3.05, 3.63) is 0 Å². The molecule has 1 aliphatic rings. The van der Waals surface area contributed by atoms with Crippen LogP contribution in [0, 0.1) is 5.92 Å². The molecule has 4 N–H and O–H groups in total. The first-order chi connectivity index (χ1) is 7.65. The normalized spacial score (nSPS) is 25.3. The zero-order valence-corrected chi connectivity index (χ0v) is 9.15. The van der Waals surface area contributed by atoms with Crippen LogP contribution >= 0.6 is 0 Å². The first-order valence-corrected chi connectivity index (χ1v) is 5.42. The lowest BCUT2D eigenvalue weighted by molar-refractivity contribution is -0.143. The molecule has 6 heteroatoms. The molecule has 6 nitrogen and oxygen atoms in total. The number of hydrogen-bond donors (Lipinski definition) is 3. The smallest absolute Gasteiger partial charge is 0.306 e. The van der Waals surface area contributed by atoms with E-state index >= 15 is 0 Å². The summed E-state index contributed by atoms with van der Waals surface area (Å²) in [6, 6.07) is -0.396. The van der Waals surface area contributed by atoms with Gasteiger partial charge >= 0.3 is 5.97 Å². The number of carbonyl (C=O) groups excluding carboxylic acids is 1. The number of nitrogens with two attached hydrogens (primary N) is 1. The number of hydrogen-bond acceptors (Lipinski definition) is 5. The molecule has 0 aromatic carbocycles. The molecular weight excluding hydrogens is 212 g/mol. The number of carboxylic acid groups (broad SMARTS) is 1. The van der Waals surface area contributed by atoms with Crippen molar-refractivity contribution in [1.82, 2.24) is 5.32 Å². The standard InChI is InChI=1S/C10H18N2O4/c11-2-4-16-6-9(13)8-5-7(10(14)15)1-3-12-8/h7-8,12H,1-6,11H2,(H,14,15). The van der Waals surface area contributed by atoms with Crippen LogP contribution in [-0.4, -0.2) is 49.2 Å². The van der Waals surface area contributed by atoms with Crippen LogP contribution in [-0.2, 0) is 14.3 Å². The van der Waals surface area contributed by atoms with Crippen LogP contribution in [0.5, 0.6) is 0 Å². The number of carboxylic acids is 1. The third kappa shape index (κ3) is 3.88. The van der Waals surface area contributed by atoms with Gasteiger partial charge in [0.2, 0.25) is 0 Å². The minimum absolute atomic E-state index is 0.00120. The second-order valence-electron chi connectivity index (χ2n) is 3.87. The van der Waals surface area contributed by atoms with E-state index in [4.69, 9.17) is 15.6 Å². The topological polar surface area (TPSA) is 102 Å². The van der Waals surface area contributed by atoms with E-state index in [1.165, 1.54) is 0 Å². The molecule has 1 fully saturated rings. The van der Waals surface area contributed by atoms with Crippen molar-refractivity contribution in [3.63, 3.8) is 0 Å².